The average molecular weight is 494 g/mol. The zero-order valence-corrected chi connectivity index (χ0v) is 19.4. The van der Waals surface area contributed by atoms with Crippen molar-refractivity contribution in [3.05, 3.63) is 100.0 Å². The summed E-state index contributed by atoms with van der Waals surface area (Å²) in [6.45, 7) is 1.80. The van der Waals surface area contributed by atoms with Crippen LogP contribution in [0.4, 0.5) is 14.9 Å². The topological polar surface area (TPSA) is 87.7 Å². The van der Waals surface area contributed by atoms with Gasteiger partial charge in [0.2, 0.25) is 0 Å². The Labute approximate surface area is 206 Å². The van der Waals surface area contributed by atoms with E-state index in [0.717, 1.165) is 16.0 Å². The number of benzene rings is 3. The van der Waals surface area contributed by atoms with Crippen molar-refractivity contribution in [2.45, 2.75) is 13.5 Å². The van der Waals surface area contributed by atoms with Gasteiger partial charge in [0.15, 0.2) is 6.61 Å². The molecule has 0 aromatic heterocycles. The van der Waals surface area contributed by atoms with Gasteiger partial charge in [0, 0.05) is 5.69 Å². The third-order valence-electron chi connectivity index (χ3n) is 5.14. The molecule has 0 spiro atoms. The second-order valence-corrected chi connectivity index (χ2v) is 8.31. The van der Waals surface area contributed by atoms with E-state index in [1.54, 1.807) is 18.2 Å². The van der Waals surface area contributed by atoms with Gasteiger partial charge < -0.3 is 15.4 Å². The van der Waals surface area contributed by atoms with E-state index in [1.165, 1.54) is 30.3 Å². The first kappa shape index (κ1) is 24.0. The molecule has 178 valence electrons. The van der Waals surface area contributed by atoms with Crippen LogP contribution in [0.15, 0.2) is 72.4 Å². The van der Waals surface area contributed by atoms with E-state index in [-0.39, 0.29) is 29.6 Å². The SMILES string of the molecule is Cc1cccc(CN2C(=O)N/C(=C/c3ccc(OCC(=O)Nc4ccc(F)cc4)c(Cl)c3)C2=O)c1. The third kappa shape index (κ3) is 6.04. The van der Waals surface area contributed by atoms with Crippen molar-refractivity contribution in [2.24, 2.45) is 0 Å². The molecule has 1 aliphatic heterocycles. The Morgan fingerprint density at radius 2 is 1.89 bits per heavy atom. The number of nitrogens with one attached hydrogen (secondary N) is 2. The molecule has 2 N–H and O–H groups in total. The van der Waals surface area contributed by atoms with Crippen molar-refractivity contribution >= 4 is 41.2 Å². The van der Waals surface area contributed by atoms with E-state index >= 15 is 0 Å². The highest BCUT2D eigenvalue weighted by molar-refractivity contribution is 6.32. The summed E-state index contributed by atoms with van der Waals surface area (Å²) in [6, 6.07) is 17.2. The molecule has 0 saturated carbocycles. The van der Waals surface area contributed by atoms with Crippen molar-refractivity contribution in [1.29, 1.82) is 0 Å². The predicted molar refractivity (Wildman–Crippen MR) is 130 cm³/mol. The number of urea groups is 1. The number of imide groups is 1. The first-order chi connectivity index (χ1) is 16.8. The number of carbonyl (C=O) groups is 3. The summed E-state index contributed by atoms with van der Waals surface area (Å²) < 4.78 is 18.4. The number of rotatable bonds is 7. The quantitative estimate of drug-likeness (QED) is 0.362. The summed E-state index contributed by atoms with van der Waals surface area (Å²) >= 11 is 6.28. The van der Waals surface area contributed by atoms with E-state index in [4.69, 9.17) is 16.3 Å². The van der Waals surface area contributed by atoms with E-state index in [0.29, 0.717) is 11.3 Å². The Hall–Kier alpha value is -4.17. The first-order valence-electron chi connectivity index (χ1n) is 10.7. The lowest BCUT2D eigenvalue weighted by molar-refractivity contribution is -0.123. The number of aryl methyl sites for hydroxylation is 1. The molecule has 3 aromatic rings. The molecule has 35 heavy (non-hydrogen) atoms. The van der Waals surface area contributed by atoms with E-state index in [2.05, 4.69) is 10.6 Å². The minimum Gasteiger partial charge on any atom is -0.482 e. The summed E-state index contributed by atoms with van der Waals surface area (Å²) in [4.78, 5) is 38.3. The van der Waals surface area contributed by atoms with Crippen LogP contribution in [0, 0.1) is 12.7 Å². The summed E-state index contributed by atoms with van der Waals surface area (Å²) in [5, 5.41) is 5.40. The van der Waals surface area contributed by atoms with Crippen LogP contribution < -0.4 is 15.4 Å². The normalized spacial score (nSPS) is 14.3. The van der Waals surface area contributed by atoms with Gasteiger partial charge in [-0.3, -0.25) is 14.5 Å². The smallest absolute Gasteiger partial charge is 0.329 e. The van der Waals surface area contributed by atoms with Gasteiger partial charge in [-0.05, 0) is 60.5 Å². The Morgan fingerprint density at radius 3 is 2.60 bits per heavy atom. The minimum absolute atomic E-state index is 0.131. The number of nitrogens with zero attached hydrogens (tertiary/aromatic N) is 1. The maximum absolute atomic E-state index is 13.0. The van der Waals surface area contributed by atoms with Crippen molar-refractivity contribution < 1.29 is 23.5 Å². The predicted octanol–water partition coefficient (Wildman–Crippen LogP) is 4.90. The van der Waals surface area contributed by atoms with Gasteiger partial charge in [0.05, 0.1) is 11.6 Å². The molecule has 0 bridgehead atoms. The second kappa shape index (κ2) is 10.4. The fourth-order valence-corrected chi connectivity index (χ4v) is 3.72. The fraction of sp³-hybridized carbons (Fsp3) is 0.115. The Kier molecular flexibility index (Phi) is 7.12. The summed E-state index contributed by atoms with van der Waals surface area (Å²) in [6.07, 6.45) is 1.52. The zero-order chi connectivity index (χ0) is 24.9. The van der Waals surface area contributed by atoms with Crippen LogP contribution >= 0.6 is 11.6 Å². The molecule has 1 fully saturated rings. The number of hydrogen-bond acceptors (Lipinski definition) is 4. The van der Waals surface area contributed by atoms with Gasteiger partial charge in [0.1, 0.15) is 17.3 Å². The standard InChI is InChI=1S/C26H21ClFN3O4/c1-16-3-2-4-18(11-16)14-31-25(33)22(30-26(31)34)13-17-5-10-23(21(27)12-17)35-15-24(32)29-20-8-6-19(28)7-9-20/h2-13H,14-15H2,1H3,(H,29,32)(H,30,34)/b22-13+. The molecule has 3 aromatic carbocycles. The molecule has 4 amide bonds. The number of ether oxygens (including phenoxy) is 1. The van der Waals surface area contributed by atoms with Crippen LogP contribution in [0.25, 0.3) is 6.08 Å². The van der Waals surface area contributed by atoms with Crippen LogP contribution in [-0.4, -0.2) is 29.4 Å². The second-order valence-electron chi connectivity index (χ2n) is 7.90. The van der Waals surface area contributed by atoms with Crippen LogP contribution in [0.2, 0.25) is 5.02 Å². The summed E-state index contributed by atoms with van der Waals surface area (Å²) in [7, 11) is 0. The number of halogens is 2. The Morgan fingerprint density at radius 1 is 1.11 bits per heavy atom. The minimum atomic E-state index is -0.499. The van der Waals surface area contributed by atoms with Crippen molar-refractivity contribution in [3.8, 4) is 5.75 Å². The fourth-order valence-electron chi connectivity index (χ4n) is 3.47. The summed E-state index contributed by atoms with van der Waals surface area (Å²) in [5.41, 5.74) is 3.02. The molecule has 0 radical (unpaired) electrons. The molecular weight excluding hydrogens is 473 g/mol. The van der Waals surface area contributed by atoms with E-state index in [1.807, 2.05) is 31.2 Å². The van der Waals surface area contributed by atoms with Crippen LogP contribution in [0.3, 0.4) is 0 Å². The molecule has 0 atom stereocenters. The molecule has 1 aliphatic rings. The first-order valence-corrected chi connectivity index (χ1v) is 11.0. The molecular formula is C26H21ClFN3O4. The molecule has 4 rings (SSSR count). The molecule has 7 nitrogen and oxygen atoms in total. The van der Waals surface area contributed by atoms with E-state index < -0.39 is 23.7 Å². The van der Waals surface area contributed by atoms with Crippen molar-refractivity contribution in [2.75, 3.05) is 11.9 Å². The maximum Gasteiger partial charge on any atom is 0.329 e. The largest absolute Gasteiger partial charge is 0.482 e. The molecule has 9 heteroatoms. The molecule has 0 aliphatic carbocycles. The van der Waals surface area contributed by atoms with Crippen molar-refractivity contribution in [3.63, 3.8) is 0 Å². The van der Waals surface area contributed by atoms with Crippen LogP contribution in [0.1, 0.15) is 16.7 Å². The molecule has 1 saturated heterocycles. The zero-order valence-electron chi connectivity index (χ0n) is 18.7. The maximum atomic E-state index is 13.0. The number of amides is 4. The molecule has 1 heterocycles. The van der Waals surface area contributed by atoms with Crippen molar-refractivity contribution in [1.82, 2.24) is 10.2 Å². The average Bonchev–Trinajstić information content (AvgIpc) is 3.07. The highest BCUT2D eigenvalue weighted by Crippen LogP contribution is 2.27. The Balaban J connectivity index is 1.38. The summed E-state index contributed by atoms with van der Waals surface area (Å²) in [5.74, 6) is -1.01. The van der Waals surface area contributed by atoms with Gasteiger partial charge in [-0.25, -0.2) is 9.18 Å². The van der Waals surface area contributed by atoms with E-state index in [9.17, 15) is 18.8 Å². The third-order valence-corrected chi connectivity index (χ3v) is 5.43. The monoisotopic (exact) mass is 493 g/mol. The van der Waals surface area contributed by atoms with Gasteiger partial charge in [-0.15, -0.1) is 0 Å². The number of carbonyl (C=O) groups excluding carboxylic acids is 3. The lowest BCUT2D eigenvalue weighted by Crippen LogP contribution is -2.30. The van der Waals surface area contributed by atoms with Gasteiger partial charge in [0.25, 0.3) is 11.8 Å². The Bertz CT molecular complexity index is 1320. The van der Waals surface area contributed by atoms with Gasteiger partial charge >= 0.3 is 6.03 Å². The number of hydrogen-bond donors (Lipinski definition) is 2. The highest BCUT2D eigenvalue weighted by Gasteiger charge is 2.33. The lowest BCUT2D eigenvalue weighted by Gasteiger charge is -2.12. The van der Waals surface area contributed by atoms with Gasteiger partial charge in [-0.1, -0.05) is 47.5 Å². The lowest BCUT2D eigenvalue weighted by atomic mass is 10.1. The highest BCUT2D eigenvalue weighted by atomic mass is 35.5. The van der Waals surface area contributed by atoms with Crippen LogP contribution in [-0.2, 0) is 16.1 Å². The number of anilines is 1. The van der Waals surface area contributed by atoms with Gasteiger partial charge in [-0.2, -0.15) is 0 Å². The van der Waals surface area contributed by atoms with Crippen LogP contribution in [0.5, 0.6) is 5.75 Å². The molecule has 0 unspecified atom stereocenters.